The molecule has 0 aliphatic carbocycles. The van der Waals surface area contributed by atoms with Crippen LogP contribution in [0, 0.1) is 11.8 Å². The summed E-state index contributed by atoms with van der Waals surface area (Å²) in [4.78, 5) is 14.7. The third-order valence-electron chi connectivity index (χ3n) is 4.79. The SMILES string of the molecule is CC(C)C(CCCc1c[nH]cn1)OC(CCCc1c[nH]cn1)C(C)C. The molecule has 2 N–H and O–H groups in total. The lowest BCUT2D eigenvalue weighted by Gasteiger charge is -2.30. The van der Waals surface area contributed by atoms with Gasteiger partial charge in [-0.25, -0.2) is 9.97 Å². The molecule has 2 aromatic heterocycles. The van der Waals surface area contributed by atoms with Crippen LogP contribution in [-0.2, 0) is 17.6 Å². The van der Waals surface area contributed by atoms with Crippen molar-refractivity contribution >= 4 is 0 Å². The van der Waals surface area contributed by atoms with Crippen molar-refractivity contribution in [2.45, 2.75) is 78.4 Å². The molecule has 0 aliphatic heterocycles. The predicted molar refractivity (Wildman–Crippen MR) is 101 cm³/mol. The first-order chi connectivity index (χ1) is 12.1. The molecule has 5 nitrogen and oxygen atoms in total. The summed E-state index contributed by atoms with van der Waals surface area (Å²) in [5.41, 5.74) is 2.28. The Balaban J connectivity index is 1.78. The van der Waals surface area contributed by atoms with Crippen LogP contribution in [0.1, 0.15) is 64.8 Å². The first-order valence-corrected chi connectivity index (χ1v) is 9.67. The molecule has 2 atom stereocenters. The zero-order valence-electron chi connectivity index (χ0n) is 16.2. The van der Waals surface area contributed by atoms with E-state index in [9.17, 15) is 0 Å². The van der Waals surface area contributed by atoms with Crippen LogP contribution in [-0.4, -0.2) is 32.1 Å². The minimum absolute atomic E-state index is 0.316. The normalized spacial score (nSPS) is 14.3. The summed E-state index contributed by atoms with van der Waals surface area (Å²) in [5, 5.41) is 0. The Kier molecular flexibility index (Phi) is 8.19. The summed E-state index contributed by atoms with van der Waals surface area (Å²) < 4.78 is 6.56. The number of aromatic amines is 2. The van der Waals surface area contributed by atoms with Crippen LogP contribution in [0.3, 0.4) is 0 Å². The van der Waals surface area contributed by atoms with Crippen molar-refractivity contribution in [1.82, 2.24) is 19.9 Å². The van der Waals surface area contributed by atoms with Crippen molar-refractivity contribution in [3.8, 4) is 0 Å². The Morgan fingerprint density at radius 3 is 1.56 bits per heavy atom. The summed E-state index contributed by atoms with van der Waals surface area (Å²) in [6.45, 7) is 9.06. The van der Waals surface area contributed by atoms with Crippen LogP contribution in [0.25, 0.3) is 0 Å². The van der Waals surface area contributed by atoms with Crippen LogP contribution < -0.4 is 0 Å². The molecule has 25 heavy (non-hydrogen) atoms. The van der Waals surface area contributed by atoms with Gasteiger partial charge in [-0.3, -0.25) is 0 Å². The highest BCUT2D eigenvalue weighted by Gasteiger charge is 2.22. The van der Waals surface area contributed by atoms with Gasteiger partial charge in [0, 0.05) is 12.4 Å². The average molecular weight is 347 g/mol. The van der Waals surface area contributed by atoms with E-state index >= 15 is 0 Å². The van der Waals surface area contributed by atoms with E-state index in [1.54, 1.807) is 12.7 Å². The van der Waals surface area contributed by atoms with Crippen LogP contribution >= 0.6 is 0 Å². The van der Waals surface area contributed by atoms with E-state index in [4.69, 9.17) is 4.74 Å². The molecule has 0 saturated heterocycles. The van der Waals surface area contributed by atoms with Crippen LogP contribution in [0.5, 0.6) is 0 Å². The maximum absolute atomic E-state index is 6.56. The predicted octanol–water partition coefficient (Wildman–Crippen LogP) is 4.54. The number of imidazole rings is 2. The standard InChI is InChI=1S/C20H34N4O/c1-15(2)19(9-5-7-17-11-21-13-23-17)25-20(16(3)4)10-6-8-18-12-22-14-24-18/h11-16,19-20H,5-10H2,1-4H3,(H,21,23)(H,22,24). The first kappa shape index (κ1) is 19.7. The lowest BCUT2D eigenvalue weighted by Crippen LogP contribution is -2.30. The van der Waals surface area contributed by atoms with Crippen molar-refractivity contribution < 1.29 is 4.74 Å². The molecule has 0 radical (unpaired) electrons. The van der Waals surface area contributed by atoms with E-state index in [1.807, 2.05) is 12.4 Å². The third kappa shape index (κ3) is 7.02. The van der Waals surface area contributed by atoms with Crippen LogP contribution in [0.4, 0.5) is 0 Å². The fraction of sp³-hybridized carbons (Fsp3) is 0.700. The van der Waals surface area contributed by atoms with Gasteiger partial charge >= 0.3 is 0 Å². The lowest BCUT2D eigenvalue weighted by atomic mass is 9.97. The van der Waals surface area contributed by atoms with Gasteiger partial charge in [-0.1, -0.05) is 27.7 Å². The molecule has 5 heteroatoms. The lowest BCUT2D eigenvalue weighted by molar-refractivity contribution is -0.0645. The molecule has 140 valence electrons. The van der Waals surface area contributed by atoms with Crippen LogP contribution in [0.2, 0.25) is 0 Å². The summed E-state index contributed by atoms with van der Waals surface area (Å²) in [6.07, 6.45) is 14.5. The Bertz CT molecular complexity index is 498. The highest BCUT2D eigenvalue weighted by atomic mass is 16.5. The quantitative estimate of drug-likeness (QED) is 0.593. The molecule has 0 fully saturated rings. The van der Waals surface area contributed by atoms with E-state index in [2.05, 4.69) is 47.6 Å². The van der Waals surface area contributed by atoms with E-state index in [-0.39, 0.29) is 0 Å². The van der Waals surface area contributed by atoms with Gasteiger partial charge in [0.15, 0.2) is 0 Å². The van der Waals surface area contributed by atoms with Gasteiger partial charge in [0.25, 0.3) is 0 Å². The molecule has 2 unspecified atom stereocenters. The number of ether oxygens (including phenoxy) is 1. The maximum Gasteiger partial charge on any atom is 0.0923 e. The largest absolute Gasteiger partial charge is 0.374 e. The number of H-pyrrole nitrogens is 2. The molecule has 0 amide bonds. The van der Waals surface area contributed by atoms with Gasteiger partial charge in [0.05, 0.1) is 36.3 Å². The summed E-state index contributed by atoms with van der Waals surface area (Å²) in [6, 6.07) is 0. The monoisotopic (exact) mass is 346 g/mol. The molecule has 0 aliphatic rings. The fourth-order valence-electron chi connectivity index (χ4n) is 3.17. The number of rotatable bonds is 12. The molecular weight excluding hydrogens is 312 g/mol. The molecule has 0 saturated carbocycles. The molecule has 0 bridgehead atoms. The van der Waals surface area contributed by atoms with E-state index < -0.39 is 0 Å². The van der Waals surface area contributed by atoms with Crippen molar-refractivity contribution in [3.05, 3.63) is 36.4 Å². The second-order valence-electron chi connectivity index (χ2n) is 7.61. The number of nitrogens with one attached hydrogen (secondary N) is 2. The zero-order valence-corrected chi connectivity index (χ0v) is 16.2. The van der Waals surface area contributed by atoms with Gasteiger partial charge in [-0.2, -0.15) is 0 Å². The minimum Gasteiger partial charge on any atom is -0.374 e. The van der Waals surface area contributed by atoms with E-state index in [0.29, 0.717) is 24.0 Å². The molecular formula is C20H34N4O. The Morgan fingerprint density at radius 2 is 1.24 bits per heavy atom. The molecule has 2 rings (SSSR count). The average Bonchev–Trinajstić information content (AvgIpc) is 3.25. The molecule has 0 aromatic carbocycles. The second kappa shape index (κ2) is 10.4. The second-order valence-corrected chi connectivity index (χ2v) is 7.61. The van der Waals surface area contributed by atoms with Gasteiger partial charge in [0.1, 0.15) is 0 Å². The molecule has 2 aromatic rings. The van der Waals surface area contributed by atoms with Crippen molar-refractivity contribution in [2.24, 2.45) is 11.8 Å². The Labute approximate surface area is 152 Å². The zero-order chi connectivity index (χ0) is 18.1. The number of hydrogen-bond donors (Lipinski definition) is 2. The Morgan fingerprint density at radius 1 is 0.800 bits per heavy atom. The number of nitrogens with zero attached hydrogens (tertiary/aromatic N) is 2. The minimum atomic E-state index is 0.316. The summed E-state index contributed by atoms with van der Waals surface area (Å²) in [7, 11) is 0. The van der Waals surface area contributed by atoms with Crippen LogP contribution in [0.15, 0.2) is 25.0 Å². The van der Waals surface area contributed by atoms with E-state index in [1.165, 1.54) is 0 Å². The maximum atomic E-state index is 6.56. The third-order valence-corrected chi connectivity index (χ3v) is 4.79. The van der Waals surface area contributed by atoms with Gasteiger partial charge < -0.3 is 14.7 Å². The van der Waals surface area contributed by atoms with Gasteiger partial charge in [0.2, 0.25) is 0 Å². The summed E-state index contributed by atoms with van der Waals surface area (Å²) in [5.74, 6) is 1.07. The number of aromatic nitrogens is 4. The van der Waals surface area contributed by atoms with Gasteiger partial charge in [-0.05, 0) is 50.4 Å². The number of hydrogen-bond acceptors (Lipinski definition) is 3. The molecule has 2 heterocycles. The first-order valence-electron chi connectivity index (χ1n) is 9.67. The summed E-state index contributed by atoms with van der Waals surface area (Å²) >= 11 is 0. The highest BCUT2D eigenvalue weighted by Crippen LogP contribution is 2.23. The number of aryl methyl sites for hydroxylation is 2. The smallest absolute Gasteiger partial charge is 0.0923 e. The van der Waals surface area contributed by atoms with E-state index in [0.717, 1.165) is 49.9 Å². The fourth-order valence-corrected chi connectivity index (χ4v) is 3.17. The van der Waals surface area contributed by atoms with Crippen molar-refractivity contribution in [1.29, 1.82) is 0 Å². The molecule has 0 spiro atoms. The highest BCUT2D eigenvalue weighted by molar-refractivity contribution is 4.94. The van der Waals surface area contributed by atoms with Crippen molar-refractivity contribution in [2.75, 3.05) is 0 Å². The van der Waals surface area contributed by atoms with Crippen molar-refractivity contribution in [3.63, 3.8) is 0 Å². The van der Waals surface area contributed by atoms with Gasteiger partial charge in [-0.15, -0.1) is 0 Å². The topological polar surface area (TPSA) is 66.6 Å². The Hall–Kier alpha value is -1.62.